The van der Waals surface area contributed by atoms with Crippen molar-refractivity contribution in [1.82, 2.24) is 0 Å². The van der Waals surface area contributed by atoms with Crippen LogP contribution in [0.1, 0.15) is 22.3 Å². The highest BCUT2D eigenvalue weighted by Gasteiger charge is 2.15. The molecule has 0 aliphatic heterocycles. The first kappa shape index (κ1) is 18.6. The lowest BCUT2D eigenvalue weighted by atomic mass is 10.1. The van der Waals surface area contributed by atoms with E-state index in [0.29, 0.717) is 17.2 Å². The number of methoxy groups -OCH3 is 2. The Balaban J connectivity index is 2.13. The van der Waals surface area contributed by atoms with Crippen LogP contribution in [0.5, 0.6) is 17.2 Å². The summed E-state index contributed by atoms with van der Waals surface area (Å²) in [6.45, 7) is 7.78. The van der Waals surface area contributed by atoms with Gasteiger partial charge in [0.1, 0.15) is 0 Å². The molecule has 0 saturated heterocycles. The Hall–Kier alpha value is -2.69. The Morgan fingerprint density at radius 1 is 0.880 bits per heavy atom. The van der Waals surface area contributed by atoms with E-state index < -0.39 is 0 Å². The molecular weight excluding hydrogens is 318 g/mol. The van der Waals surface area contributed by atoms with Crippen molar-refractivity contribution in [2.75, 3.05) is 26.1 Å². The van der Waals surface area contributed by atoms with Gasteiger partial charge in [0.15, 0.2) is 18.1 Å². The number of carbonyl (C=O) groups is 1. The molecule has 5 nitrogen and oxygen atoms in total. The second-order valence-corrected chi connectivity index (χ2v) is 6.11. The maximum absolute atomic E-state index is 12.3. The average molecular weight is 343 g/mol. The molecule has 0 aliphatic rings. The van der Waals surface area contributed by atoms with Gasteiger partial charge in [-0.1, -0.05) is 17.7 Å². The molecule has 0 atom stereocenters. The quantitative estimate of drug-likeness (QED) is 0.863. The van der Waals surface area contributed by atoms with Crippen LogP contribution < -0.4 is 19.5 Å². The molecule has 0 fully saturated rings. The number of carbonyl (C=O) groups excluding carboxylic acids is 1. The summed E-state index contributed by atoms with van der Waals surface area (Å²) in [6.07, 6.45) is 0. The number of amides is 1. The number of benzene rings is 2. The van der Waals surface area contributed by atoms with E-state index in [-0.39, 0.29) is 12.5 Å². The fraction of sp³-hybridized carbons (Fsp3) is 0.350. The van der Waals surface area contributed by atoms with Crippen molar-refractivity contribution < 1.29 is 19.0 Å². The van der Waals surface area contributed by atoms with Crippen LogP contribution in [0, 0.1) is 27.7 Å². The molecule has 0 saturated carbocycles. The van der Waals surface area contributed by atoms with Gasteiger partial charge in [-0.3, -0.25) is 4.79 Å². The molecule has 1 N–H and O–H groups in total. The van der Waals surface area contributed by atoms with Crippen molar-refractivity contribution in [3.8, 4) is 17.2 Å². The van der Waals surface area contributed by atoms with E-state index in [1.54, 1.807) is 14.2 Å². The van der Waals surface area contributed by atoms with Crippen LogP contribution in [0.25, 0.3) is 0 Å². The molecule has 0 unspecified atom stereocenters. The normalized spacial score (nSPS) is 10.3. The molecule has 134 valence electrons. The number of hydrogen-bond donors (Lipinski definition) is 1. The minimum atomic E-state index is -0.236. The molecule has 0 spiro atoms. The molecule has 0 radical (unpaired) electrons. The zero-order chi connectivity index (χ0) is 18.6. The second-order valence-electron chi connectivity index (χ2n) is 6.11. The van der Waals surface area contributed by atoms with Gasteiger partial charge >= 0.3 is 0 Å². The van der Waals surface area contributed by atoms with Crippen LogP contribution in [0.4, 0.5) is 5.69 Å². The van der Waals surface area contributed by atoms with Crippen molar-refractivity contribution in [3.63, 3.8) is 0 Å². The van der Waals surface area contributed by atoms with Gasteiger partial charge in [0.25, 0.3) is 5.91 Å². The highest BCUT2D eigenvalue weighted by atomic mass is 16.5. The van der Waals surface area contributed by atoms with E-state index in [4.69, 9.17) is 14.2 Å². The SMILES string of the molecule is COc1cc(C)cc(OC)c1OCC(=O)Nc1c(C)cc(C)cc1C. The Labute approximate surface area is 148 Å². The van der Waals surface area contributed by atoms with E-state index in [9.17, 15) is 4.79 Å². The van der Waals surface area contributed by atoms with Gasteiger partial charge in [-0.2, -0.15) is 0 Å². The van der Waals surface area contributed by atoms with Gasteiger partial charge < -0.3 is 19.5 Å². The van der Waals surface area contributed by atoms with Crippen molar-refractivity contribution >= 4 is 11.6 Å². The van der Waals surface area contributed by atoms with Crippen LogP contribution >= 0.6 is 0 Å². The summed E-state index contributed by atoms with van der Waals surface area (Å²) >= 11 is 0. The standard InChI is InChI=1S/C20H25NO4/c1-12-7-14(3)19(15(4)8-12)21-18(22)11-25-20-16(23-5)9-13(2)10-17(20)24-6/h7-10H,11H2,1-6H3,(H,21,22). The molecular formula is C20H25NO4. The van der Waals surface area contributed by atoms with E-state index in [0.717, 1.165) is 22.4 Å². The average Bonchev–Trinajstić information content (AvgIpc) is 2.55. The van der Waals surface area contributed by atoms with Gasteiger partial charge in [-0.15, -0.1) is 0 Å². The zero-order valence-electron chi connectivity index (χ0n) is 15.6. The first-order valence-corrected chi connectivity index (χ1v) is 8.08. The fourth-order valence-electron chi connectivity index (χ4n) is 2.84. The van der Waals surface area contributed by atoms with Gasteiger partial charge in [0.05, 0.1) is 14.2 Å². The minimum absolute atomic E-state index is 0.136. The fourth-order valence-corrected chi connectivity index (χ4v) is 2.84. The Bertz CT molecular complexity index is 735. The number of aryl methyl sites for hydroxylation is 4. The molecule has 1 amide bonds. The summed E-state index contributed by atoms with van der Waals surface area (Å²) in [5.74, 6) is 1.25. The number of rotatable bonds is 6. The molecule has 5 heteroatoms. The van der Waals surface area contributed by atoms with E-state index >= 15 is 0 Å². The van der Waals surface area contributed by atoms with Crippen molar-refractivity contribution in [1.29, 1.82) is 0 Å². The zero-order valence-corrected chi connectivity index (χ0v) is 15.6. The van der Waals surface area contributed by atoms with Crippen molar-refractivity contribution in [2.45, 2.75) is 27.7 Å². The molecule has 2 aromatic carbocycles. The predicted molar refractivity (Wildman–Crippen MR) is 99.1 cm³/mol. The lowest BCUT2D eigenvalue weighted by molar-refractivity contribution is -0.118. The van der Waals surface area contributed by atoms with Gasteiger partial charge in [0.2, 0.25) is 5.75 Å². The van der Waals surface area contributed by atoms with Crippen LogP contribution in [-0.2, 0) is 4.79 Å². The largest absolute Gasteiger partial charge is 0.493 e. The minimum Gasteiger partial charge on any atom is -0.493 e. The maximum atomic E-state index is 12.3. The molecule has 0 aromatic heterocycles. The number of hydrogen-bond acceptors (Lipinski definition) is 4. The molecule has 2 rings (SSSR count). The van der Waals surface area contributed by atoms with Crippen molar-refractivity contribution in [2.24, 2.45) is 0 Å². The number of nitrogens with one attached hydrogen (secondary N) is 1. The van der Waals surface area contributed by atoms with Gasteiger partial charge in [-0.25, -0.2) is 0 Å². The summed E-state index contributed by atoms with van der Waals surface area (Å²) in [5, 5.41) is 2.92. The second kappa shape index (κ2) is 7.92. The topological polar surface area (TPSA) is 56.8 Å². The first-order chi connectivity index (χ1) is 11.8. The van der Waals surface area contributed by atoms with E-state index in [2.05, 4.69) is 5.32 Å². The van der Waals surface area contributed by atoms with Crippen LogP contribution in [0.2, 0.25) is 0 Å². The Kier molecular flexibility index (Phi) is 5.91. The Morgan fingerprint density at radius 2 is 1.36 bits per heavy atom. The third kappa shape index (κ3) is 4.44. The number of ether oxygens (including phenoxy) is 3. The summed E-state index contributed by atoms with van der Waals surface area (Å²) in [7, 11) is 3.11. The number of anilines is 1. The summed E-state index contributed by atoms with van der Waals surface area (Å²) < 4.78 is 16.3. The maximum Gasteiger partial charge on any atom is 0.262 e. The summed E-state index contributed by atoms with van der Waals surface area (Å²) in [4.78, 5) is 12.3. The Morgan fingerprint density at radius 3 is 1.84 bits per heavy atom. The lowest BCUT2D eigenvalue weighted by Crippen LogP contribution is -2.21. The predicted octanol–water partition coefficient (Wildman–Crippen LogP) is 3.95. The lowest BCUT2D eigenvalue weighted by Gasteiger charge is -2.16. The summed E-state index contributed by atoms with van der Waals surface area (Å²) in [6, 6.07) is 7.75. The van der Waals surface area contributed by atoms with E-state index in [1.165, 1.54) is 5.56 Å². The van der Waals surface area contributed by atoms with Crippen molar-refractivity contribution in [3.05, 3.63) is 46.5 Å². The molecule has 0 aliphatic carbocycles. The van der Waals surface area contributed by atoms with Gasteiger partial charge in [-0.05, 0) is 56.5 Å². The molecule has 25 heavy (non-hydrogen) atoms. The third-order valence-electron chi connectivity index (χ3n) is 3.89. The molecule has 2 aromatic rings. The van der Waals surface area contributed by atoms with Crippen LogP contribution in [-0.4, -0.2) is 26.7 Å². The first-order valence-electron chi connectivity index (χ1n) is 8.08. The van der Waals surface area contributed by atoms with Crippen LogP contribution in [0.15, 0.2) is 24.3 Å². The van der Waals surface area contributed by atoms with E-state index in [1.807, 2.05) is 52.0 Å². The molecule has 0 bridgehead atoms. The smallest absolute Gasteiger partial charge is 0.262 e. The highest BCUT2D eigenvalue weighted by Crippen LogP contribution is 2.38. The molecule has 0 heterocycles. The highest BCUT2D eigenvalue weighted by molar-refractivity contribution is 5.93. The van der Waals surface area contributed by atoms with Crippen LogP contribution in [0.3, 0.4) is 0 Å². The third-order valence-corrected chi connectivity index (χ3v) is 3.89. The summed E-state index contributed by atoms with van der Waals surface area (Å²) in [5.41, 5.74) is 5.02. The monoisotopic (exact) mass is 343 g/mol. The van der Waals surface area contributed by atoms with Gasteiger partial charge in [0, 0.05) is 5.69 Å².